The minimum atomic E-state index is 0.143. The van der Waals surface area contributed by atoms with Crippen LogP contribution in [0.15, 0.2) is 43.0 Å². The highest BCUT2D eigenvalue weighted by Gasteiger charge is 2.00. The van der Waals surface area contributed by atoms with E-state index in [2.05, 4.69) is 6.58 Å². The number of methoxy groups -OCH3 is 2. The summed E-state index contributed by atoms with van der Waals surface area (Å²) in [5.41, 5.74) is 1.99. The summed E-state index contributed by atoms with van der Waals surface area (Å²) in [7, 11) is 3.06. The first-order chi connectivity index (χ1) is 10.5. The first-order valence-electron chi connectivity index (χ1n) is 6.91. The smallest absolute Gasteiger partial charge is 0.160 e. The third-order valence-electron chi connectivity index (χ3n) is 3.09. The number of phenolic OH excluding ortho intramolecular Hbond substituents is 2. The van der Waals surface area contributed by atoms with Crippen molar-refractivity contribution in [2.45, 2.75) is 13.3 Å². The van der Waals surface area contributed by atoms with Gasteiger partial charge in [-0.2, -0.15) is 0 Å². The van der Waals surface area contributed by atoms with Gasteiger partial charge in [0.15, 0.2) is 23.0 Å². The molecule has 0 aliphatic heterocycles. The number of phenols is 2. The molecule has 118 valence electrons. The van der Waals surface area contributed by atoms with E-state index in [-0.39, 0.29) is 11.5 Å². The Bertz CT molecular complexity index is 620. The van der Waals surface area contributed by atoms with Crippen molar-refractivity contribution in [1.82, 2.24) is 0 Å². The van der Waals surface area contributed by atoms with Crippen LogP contribution in [0.25, 0.3) is 6.08 Å². The number of ether oxygens (including phenoxy) is 2. The molecule has 0 fully saturated rings. The van der Waals surface area contributed by atoms with Crippen molar-refractivity contribution in [2.75, 3.05) is 14.2 Å². The van der Waals surface area contributed by atoms with E-state index in [1.807, 2.05) is 19.1 Å². The third-order valence-corrected chi connectivity index (χ3v) is 3.09. The van der Waals surface area contributed by atoms with Crippen LogP contribution in [0.3, 0.4) is 0 Å². The molecule has 0 saturated heterocycles. The Hall–Kier alpha value is -2.62. The number of hydrogen-bond donors (Lipinski definition) is 2. The maximum absolute atomic E-state index is 9.30. The Morgan fingerprint density at radius 2 is 1.50 bits per heavy atom. The lowest BCUT2D eigenvalue weighted by Gasteiger charge is -2.03. The number of benzene rings is 2. The van der Waals surface area contributed by atoms with Gasteiger partial charge in [-0.1, -0.05) is 31.7 Å². The molecule has 2 N–H and O–H groups in total. The van der Waals surface area contributed by atoms with Crippen molar-refractivity contribution >= 4 is 6.08 Å². The zero-order valence-corrected chi connectivity index (χ0v) is 13.2. The van der Waals surface area contributed by atoms with Gasteiger partial charge in [0.25, 0.3) is 0 Å². The summed E-state index contributed by atoms with van der Waals surface area (Å²) < 4.78 is 9.75. The number of aromatic hydroxyl groups is 2. The lowest BCUT2D eigenvalue weighted by molar-refractivity contribution is 0.373. The summed E-state index contributed by atoms with van der Waals surface area (Å²) in [4.78, 5) is 0. The highest BCUT2D eigenvalue weighted by molar-refractivity contribution is 5.53. The van der Waals surface area contributed by atoms with Gasteiger partial charge in [0.2, 0.25) is 0 Å². The van der Waals surface area contributed by atoms with Gasteiger partial charge in [0.1, 0.15) is 0 Å². The summed E-state index contributed by atoms with van der Waals surface area (Å²) in [6, 6.07) is 10.6. The fourth-order valence-corrected chi connectivity index (χ4v) is 1.79. The van der Waals surface area contributed by atoms with Gasteiger partial charge >= 0.3 is 0 Å². The minimum Gasteiger partial charge on any atom is -0.504 e. The van der Waals surface area contributed by atoms with Crippen molar-refractivity contribution in [3.8, 4) is 23.0 Å². The first kappa shape index (κ1) is 17.4. The minimum absolute atomic E-state index is 0.143. The summed E-state index contributed by atoms with van der Waals surface area (Å²) in [6.07, 6.45) is 2.59. The highest BCUT2D eigenvalue weighted by atomic mass is 16.5. The van der Waals surface area contributed by atoms with E-state index in [0.29, 0.717) is 11.5 Å². The predicted octanol–water partition coefficient (Wildman–Crippen LogP) is 4.01. The molecule has 0 saturated carbocycles. The molecule has 0 spiro atoms. The van der Waals surface area contributed by atoms with Crippen LogP contribution in [0.4, 0.5) is 0 Å². The van der Waals surface area contributed by atoms with Gasteiger partial charge in [-0.15, -0.1) is 0 Å². The molecule has 0 atom stereocenters. The summed E-state index contributed by atoms with van der Waals surface area (Å²) in [5, 5.41) is 18.5. The molecule has 0 aliphatic carbocycles. The molecule has 2 aromatic carbocycles. The average molecular weight is 302 g/mol. The molecule has 4 heteroatoms. The monoisotopic (exact) mass is 302 g/mol. The SMILES string of the molecule is C=Cc1ccc(OC)c(O)c1.CCc1ccc(OC)c(O)c1. The fourth-order valence-electron chi connectivity index (χ4n) is 1.79. The van der Waals surface area contributed by atoms with Crippen LogP contribution in [-0.4, -0.2) is 24.4 Å². The van der Waals surface area contributed by atoms with Crippen LogP contribution in [0.2, 0.25) is 0 Å². The molecule has 0 aliphatic rings. The molecule has 0 aromatic heterocycles. The molecule has 0 amide bonds. The molecule has 4 nitrogen and oxygen atoms in total. The van der Waals surface area contributed by atoms with Crippen LogP contribution in [0, 0.1) is 0 Å². The zero-order valence-electron chi connectivity index (χ0n) is 13.2. The van der Waals surface area contributed by atoms with Crippen molar-refractivity contribution in [3.05, 3.63) is 54.1 Å². The van der Waals surface area contributed by atoms with E-state index in [9.17, 15) is 10.2 Å². The van der Waals surface area contributed by atoms with Gasteiger partial charge < -0.3 is 19.7 Å². The molecular formula is C18H22O4. The van der Waals surface area contributed by atoms with E-state index >= 15 is 0 Å². The molecular weight excluding hydrogens is 280 g/mol. The average Bonchev–Trinajstić information content (AvgIpc) is 2.55. The molecule has 2 rings (SSSR count). The van der Waals surface area contributed by atoms with Crippen molar-refractivity contribution in [1.29, 1.82) is 0 Å². The Kier molecular flexibility index (Phi) is 6.83. The van der Waals surface area contributed by atoms with E-state index in [1.165, 1.54) is 7.11 Å². The Morgan fingerprint density at radius 3 is 1.91 bits per heavy atom. The fraction of sp³-hybridized carbons (Fsp3) is 0.222. The van der Waals surface area contributed by atoms with Crippen LogP contribution in [0.5, 0.6) is 23.0 Å². The molecule has 0 unspecified atom stereocenters. The van der Waals surface area contributed by atoms with Gasteiger partial charge in [0, 0.05) is 0 Å². The van der Waals surface area contributed by atoms with Crippen LogP contribution < -0.4 is 9.47 Å². The van der Waals surface area contributed by atoms with Crippen LogP contribution in [-0.2, 0) is 6.42 Å². The second-order valence-corrected chi connectivity index (χ2v) is 4.50. The zero-order chi connectivity index (χ0) is 16.5. The van der Waals surface area contributed by atoms with E-state index < -0.39 is 0 Å². The molecule has 0 heterocycles. The first-order valence-corrected chi connectivity index (χ1v) is 6.91. The summed E-state index contributed by atoms with van der Waals surface area (Å²) in [5.74, 6) is 1.37. The predicted molar refractivity (Wildman–Crippen MR) is 88.8 cm³/mol. The second-order valence-electron chi connectivity index (χ2n) is 4.50. The lowest BCUT2D eigenvalue weighted by atomic mass is 10.1. The Labute approximate surface area is 131 Å². The van der Waals surface area contributed by atoms with Gasteiger partial charge in [-0.25, -0.2) is 0 Å². The topological polar surface area (TPSA) is 58.9 Å². The summed E-state index contributed by atoms with van der Waals surface area (Å²) in [6.45, 7) is 5.62. The normalized spacial score (nSPS) is 9.41. The van der Waals surface area contributed by atoms with Gasteiger partial charge in [0.05, 0.1) is 14.2 Å². The van der Waals surface area contributed by atoms with E-state index in [4.69, 9.17) is 9.47 Å². The van der Waals surface area contributed by atoms with Crippen LogP contribution in [0.1, 0.15) is 18.1 Å². The summed E-state index contributed by atoms with van der Waals surface area (Å²) >= 11 is 0. The largest absolute Gasteiger partial charge is 0.504 e. The maximum Gasteiger partial charge on any atom is 0.160 e. The van der Waals surface area contributed by atoms with E-state index in [0.717, 1.165) is 17.5 Å². The van der Waals surface area contributed by atoms with Crippen molar-refractivity contribution < 1.29 is 19.7 Å². The van der Waals surface area contributed by atoms with Gasteiger partial charge in [-0.05, 0) is 41.8 Å². The maximum atomic E-state index is 9.30. The second kappa shape index (κ2) is 8.62. The molecule has 2 aromatic rings. The molecule has 0 bridgehead atoms. The Morgan fingerprint density at radius 1 is 0.955 bits per heavy atom. The van der Waals surface area contributed by atoms with E-state index in [1.54, 1.807) is 37.5 Å². The highest BCUT2D eigenvalue weighted by Crippen LogP contribution is 2.26. The molecule has 22 heavy (non-hydrogen) atoms. The van der Waals surface area contributed by atoms with Gasteiger partial charge in [-0.3, -0.25) is 0 Å². The van der Waals surface area contributed by atoms with Crippen molar-refractivity contribution in [3.63, 3.8) is 0 Å². The quantitative estimate of drug-likeness (QED) is 0.896. The lowest BCUT2D eigenvalue weighted by Crippen LogP contribution is -1.85. The van der Waals surface area contributed by atoms with Crippen molar-refractivity contribution in [2.24, 2.45) is 0 Å². The third kappa shape index (κ3) is 4.74. The Balaban J connectivity index is 0.000000220. The molecule has 0 radical (unpaired) electrons. The van der Waals surface area contributed by atoms with Crippen LogP contribution >= 0.6 is 0 Å². The number of aryl methyl sites for hydroxylation is 1. The number of hydrogen-bond acceptors (Lipinski definition) is 4. The number of rotatable bonds is 4. The standard InChI is InChI=1S/C9H12O2.C9H10O2/c2*1-3-7-4-5-9(11-2)8(10)6-7/h4-6,10H,3H2,1-2H3;3-6,10H,1H2,2H3.